The average molecular weight is 388 g/mol. The van der Waals surface area contributed by atoms with Crippen molar-refractivity contribution in [2.75, 3.05) is 24.7 Å². The van der Waals surface area contributed by atoms with Crippen molar-refractivity contribution in [3.8, 4) is 0 Å². The highest BCUT2D eigenvalue weighted by molar-refractivity contribution is 6.28. The lowest BCUT2D eigenvalue weighted by Crippen LogP contribution is -2.42. The van der Waals surface area contributed by atoms with Crippen molar-refractivity contribution in [1.82, 2.24) is 0 Å². The first-order valence-corrected chi connectivity index (χ1v) is 8.61. The predicted molar refractivity (Wildman–Crippen MR) is 94.2 cm³/mol. The van der Waals surface area contributed by atoms with Crippen molar-refractivity contribution >= 4 is 29.1 Å². The summed E-state index contributed by atoms with van der Waals surface area (Å²) in [5, 5.41) is 23.0. The third kappa shape index (κ3) is 5.18. The Morgan fingerprint density at radius 2 is 2.08 bits per heavy atom. The third-order valence-corrected chi connectivity index (χ3v) is 4.13. The van der Waals surface area contributed by atoms with Gasteiger partial charge in [0.25, 0.3) is 5.15 Å². The quantitative estimate of drug-likeness (QED) is 0.258. The van der Waals surface area contributed by atoms with Crippen molar-refractivity contribution in [2.24, 2.45) is 5.92 Å². The summed E-state index contributed by atoms with van der Waals surface area (Å²) in [6, 6.07) is 0.936. The fourth-order valence-electron chi connectivity index (χ4n) is 2.62. The number of carbonyl (C=O) groups excluding carboxylic acids is 1. The van der Waals surface area contributed by atoms with E-state index in [0.717, 1.165) is 17.2 Å². The molecule has 0 N–H and O–H groups in total. The van der Waals surface area contributed by atoms with E-state index in [9.17, 15) is 20.1 Å². The van der Waals surface area contributed by atoms with Crippen LogP contribution in [0.15, 0.2) is 12.3 Å². The van der Waals surface area contributed by atoms with Gasteiger partial charge in [0.1, 0.15) is 11.7 Å². The zero-order valence-corrected chi connectivity index (χ0v) is 15.7. The predicted octanol–water partition coefficient (Wildman–Crippen LogP) is 3.05. The van der Waals surface area contributed by atoms with Crippen LogP contribution in [0.5, 0.6) is 0 Å². The number of carbonyl (C=O) groups is 1. The number of ether oxygens (including phenoxy) is 2. The Morgan fingerprint density at radius 1 is 1.46 bits per heavy atom. The van der Waals surface area contributed by atoms with E-state index in [0.29, 0.717) is 26.1 Å². The van der Waals surface area contributed by atoms with Gasteiger partial charge in [0.15, 0.2) is 5.69 Å². The smallest absolute Gasteiger partial charge is 0.415 e. The normalized spacial score (nSPS) is 15.5. The van der Waals surface area contributed by atoms with E-state index in [1.807, 2.05) is 0 Å². The van der Waals surface area contributed by atoms with Gasteiger partial charge >= 0.3 is 11.8 Å². The summed E-state index contributed by atoms with van der Waals surface area (Å²) < 4.78 is 11.0. The van der Waals surface area contributed by atoms with Crippen LogP contribution in [0, 0.1) is 21.2 Å². The van der Waals surface area contributed by atoms with Gasteiger partial charge in [-0.15, -0.1) is 0 Å². The molecule has 0 spiro atoms. The van der Waals surface area contributed by atoms with Gasteiger partial charge in [-0.05, 0) is 51.1 Å². The van der Waals surface area contributed by atoms with Crippen LogP contribution in [0.2, 0.25) is 5.15 Å². The van der Waals surface area contributed by atoms with Crippen LogP contribution in [0.4, 0.5) is 16.2 Å². The lowest BCUT2D eigenvalue weighted by molar-refractivity contribution is -0.603. The van der Waals surface area contributed by atoms with Crippen LogP contribution in [0.25, 0.3) is 0 Å². The van der Waals surface area contributed by atoms with Crippen molar-refractivity contribution < 1.29 is 23.9 Å². The number of anilines is 1. The lowest BCUT2D eigenvalue weighted by Gasteiger charge is -2.31. The molecule has 0 aliphatic carbocycles. The maximum Gasteiger partial charge on any atom is 0.415 e. The first-order valence-electron chi connectivity index (χ1n) is 8.24. The number of pyridine rings is 1. The minimum Gasteiger partial charge on any atom is -0.618 e. The second-order valence-electron chi connectivity index (χ2n) is 7.10. The minimum absolute atomic E-state index is 0.0756. The summed E-state index contributed by atoms with van der Waals surface area (Å²) in [4.78, 5) is 24.6. The zero-order chi connectivity index (χ0) is 19.5. The molecule has 1 fully saturated rings. The number of amides is 1. The first kappa shape index (κ1) is 20.2. The SMILES string of the molecule is CC(C)(C)OC(=O)N(CC1CCOCC1)c1c[n+]([O-])c(Cl)cc1[N+](=O)[O-]. The highest BCUT2D eigenvalue weighted by Crippen LogP contribution is 2.31. The molecule has 10 heteroatoms. The van der Waals surface area contributed by atoms with E-state index in [-0.39, 0.29) is 28.0 Å². The van der Waals surface area contributed by atoms with Crippen LogP contribution >= 0.6 is 11.6 Å². The van der Waals surface area contributed by atoms with Gasteiger partial charge < -0.3 is 14.7 Å². The molecule has 0 atom stereocenters. The van der Waals surface area contributed by atoms with E-state index < -0.39 is 22.3 Å². The molecule has 1 aliphatic heterocycles. The van der Waals surface area contributed by atoms with Crippen molar-refractivity contribution in [2.45, 2.75) is 39.2 Å². The Morgan fingerprint density at radius 3 is 2.62 bits per heavy atom. The van der Waals surface area contributed by atoms with E-state index in [4.69, 9.17) is 21.1 Å². The van der Waals surface area contributed by atoms with Gasteiger partial charge in [-0.3, -0.25) is 15.0 Å². The summed E-state index contributed by atoms with van der Waals surface area (Å²) in [7, 11) is 0. The molecule has 1 aliphatic rings. The third-order valence-electron chi connectivity index (χ3n) is 3.85. The van der Waals surface area contributed by atoms with Gasteiger partial charge in [0, 0.05) is 19.8 Å². The van der Waals surface area contributed by atoms with Gasteiger partial charge in [0.2, 0.25) is 6.20 Å². The highest BCUT2D eigenvalue weighted by atomic mass is 35.5. The molecule has 1 amide bonds. The van der Waals surface area contributed by atoms with Gasteiger partial charge in [-0.25, -0.2) is 4.79 Å². The van der Waals surface area contributed by atoms with Crippen LogP contribution < -0.4 is 9.63 Å². The molecular weight excluding hydrogens is 366 g/mol. The Kier molecular flexibility index (Phi) is 6.25. The molecule has 1 aromatic heterocycles. The van der Waals surface area contributed by atoms with Crippen LogP contribution in [0.1, 0.15) is 33.6 Å². The molecule has 0 unspecified atom stereocenters. The van der Waals surface area contributed by atoms with E-state index >= 15 is 0 Å². The zero-order valence-electron chi connectivity index (χ0n) is 14.9. The second kappa shape index (κ2) is 8.05. The van der Waals surface area contributed by atoms with E-state index in [1.165, 1.54) is 0 Å². The molecule has 0 bridgehead atoms. The molecule has 1 aromatic rings. The number of aromatic nitrogens is 1. The molecule has 0 radical (unpaired) electrons. The van der Waals surface area contributed by atoms with Crippen LogP contribution in [-0.4, -0.2) is 36.4 Å². The summed E-state index contributed by atoms with van der Waals surface area (Å²) in [5.74, 6) is 0.0756. The maximum absolute atomic E-state index is 12.7. The molecule has 2 rings (SSSR count). The Labute approximate surface area is 156 Å². The minimum atomic E-state index is -0.792. The van der Waals surface area contributed by atoms with E-state index in [2.05, 4.69) is 0 Å². The fourth-order valence-corrected chi connectivity index (χ4v) is 2.77. The second-order valence-corrected chi connectivity index (χ2v) is 7.48. The monoisotopic (exact) mass is 387 g/mol. The Balaban J connectivity index is 2.43. The van der Waals surface area contributed by atoms with Gasteiger partial charge in [-0.1, -0.05) is 0 Å². The molecule has 9 nitrogen and oxygen atoms in total. The number of nitrogens with zero attached hydrogens (tertiary/aromatic N) is 3. The summed E-state index contributed by atoms with van der Waals surface area (Å²) in [6.45, 7) is 6.37. The van der Waals surface area contributed by atoms with Crippen LogP contribution in [-0.2, 0) is 9.47 Å². The largest absolute Gasteiger partial charge is 0.618 e. The first-order chi connectivity index (χ1) is 12.1. The molecular formula is C16H22ClN3O6. The Hall–Kier alpha value is -2.13. The molecule has 26 heavy (non-hydrogen) atoms. The number of nitro groups is 1. The number of hydrogen-bond donors (Lipinski definition) is 0. The molecule has 1 saturated heterocycles. The molecule has 0 saturated carbocycles. The van der Waals surface area contributed by atoms with Gasteiger partial charge in [0.05, 0.1) is 4.92 Å². The Bertz CT molecular complexity index is 685. The van der Waals surface area contributed by atoms with Crippen molar-refractivity contribution in [3.05, 3.63) is 32.7 Å². The number of halogens is 1. The topological polar surface area (TPSA) is 109 Å². The standard InChI is InChI=1S/C16H22ClN3O6/c1-16(2,3)26-15(21)18(9-11-4-6-25-7-5-11)13-10-19(22)14(17)8-12(13)20(23)24/h8,10-11H,4-7,9H2,1-3H3. The summed E-state index contributed by atoms with van der Waals surface area (Å²) >= 11 is 5.71. The highest BCUT2D eigenvalue weighted by Gasteiger charge is 2.34. The number of rotatable bonds is 4. The summed E-state index contributed by atoms with van der Waals surface area (Å²) in [5.41, 5.74) is -1.37. The molecule has 144 valence electrons. The van der Waals surface area contributed by atoms with Crippen LogP contribution in [0.3, 0.4) is 0 Å². The summed E-state index contributed by atoms with van der Waals surface area (Å²) in [6.07, 6.45) is 1.59. The molecule has 2 heterocycles. The van der Waals surface area contributed by atoms with Crippen molar-refractivity contribution in [3.63, 3.8) is 0 Å². The fraction of sp³-hybridized carbons (Fsp3) is 0.625. The van der Waals surface area contributed by atoms with E-state index in [1.54, 1.807) is 20.8 Å². The van der Waals surface area contributed by atoms with Gasteiger partial charge in [-0.2, -0.15) is 4.73 Å². The maximum atomic E-state index is 12.7. The molecule has 0 aromatic carbocycles. The number of hydrogen-bond acceptors (Lipinski definition) is 6. The average Bonchev–Trinajstić information content (AvgIpc) is 2.54. The van der Waals surface area contributed by atoms with Crippen molar-refractivity contribution in [1.29, 1.82) is 0 Å². The lowest BCUT2D eigenvalue weighted by atomic mass is 9.99.